The summed E-state index contributed by atoms with van der Waals surface area (Å²) < 4.78 is 5.47. The van der Waals surface area contributed by atoms with E-state index in [9.17, 15) is 19.8 Å². The SMILES string of the molecule is CCCCCCCCCCCCCCCCCCCCCCCCCCC(O)C(CO)NC(=O)CCCCCCCCC/C=C\CCCCCCCCCCCCCOC(=O)CCCCCCCCCCCCC. The Morgan fingerprint density at radius 1 is 0.365 bits per heavy atom. The van der Waals surface area contributed by atoms with Crippen LogP contribution >= 0.6 is 0 Å². The van der Waals surface area contributed by atoms with E-state index in [0.29, 0.717) is 25.9 Å². The monoisotopic (exact) mass is 1040 g/mol. The predicted octanol–water partition coefficient (Wildman–Crippen LogP) is 21.6. The lowest BCUT2D eigenvalue weighted by atomic mass is 10.0. The molecule has 0 aromatic carbocycles. The van der Waals surface area contributed by atoms with Crippen LogP contribution in [-0.2, 0) is 14.3 Å². The highest BCUT2D eigenvalue weighted by Gasteiger charge is 2.20. The number of hydrogen-bond acceptors (Lipinski definition) is 5. The molecule has 0 fully saturated rings. The van der Waals surface area contributed by atoms with E-state index in [-0.39, 0.29) is 18.5 Å². The number of aliphatic hydroxyl groups is 2. The topological polar surface area (TPSA) is 95.9 Å². The lowest BCUT2D eigenvalue weighted by Crippen LogP contribution is -2.45. The van der Waals surface area contributed by atoms with Crippen LogP contribution < -0.4 is 5.32 Å². The summed E-state index contributed by atoms with van der Waals surface area (Å²) in [6, 6.07) is -0.547. The maximum absolute atomic E-state index is 12.5. The third-order valence-corrected chi connectivity index (χ3v) is 16.1. The second-order valence-electron chi connectivity index (χ2n) is 23.5. The van der Waals surface area contributed by atoms with Gasteiger partial charge in [0.25, 0.3) is 0 Å². The molecular formula is C68H133NO5. The molecule has 74 heavy (non-hydrogen) atoms. The molecule has 0 spiro atoms. The first-order chi connectivity index (χ1) is 36.5. The molecule has 2 atom stereocenters. The van der Waals surface area contributed by atoms with Crippen molar-refractivity contribution in [3.63, 3.8) is 0 Å². The first-order valence-electron chi connectivity index (χ1n) is 33.9. The molecule has 1 amide bonds. The van der Waals surface area contributed by atoms with Crippen LogP contribution in [0, 0.1) is 0 Å². The fourth-order valence-corrected chi connectivity index (χ4v) is 10.9. The quantitative estimate of drug-likeness (QED) is 0.0320. The van der Waals surface area contributed by atoms with Crippen molar-refractivity contribution in [1.29, 1.82) is 0 Å². The van der Waals surface area contributed by atoms with E-state index in [4.69, 9.17) is 4.74 Å². The average Bonchev–Trinajstić information content (AvgIpc) is 3.40. The van der Waals surface area contributed by atoms with Gasteiger partial charge in [-0.1, -0.05) is 334 Å². The zero-order valence-corrected chi connectivity index (χ0v) is 50.4. The van der Waals surface area contributed by atoms with Gasteiger partial charge in [0, 0.05) is 12.8 Å². The molecule has 0 aliphatic rings. The number of unbranched alkanes of at least 4 members (excludes halogenated alkanes) is 51. The van der Waals surface area contributed by atoms with Gasteiger partial charge in [-0.2, -0.15) is 0 Å². The third kappa shape index (κ3) is 59.8. The van der Waals surface area contributed by atoms with Crippen LogP contribution in [0.5, 0.6) is 0 Å². The number of rotatable bonds is 64. The van der Waals surface area contributed by atoms with Crippen molar-refractivity contribution in [1.82, 2.24) is 5.32 Å². The van der Waals surface area contributed by atoms with Gasteiger partial charge in [-0.05, 0) is 51.4 Å². The number of ether oxygens (including phenoxy) is 1. The smallest absolute Gasteiger partial charge is 0.305 e. The Balaban J connectivity index is 3.41. The highest BCUT2D eigenvalue weighted by Crippen LogP contribution is 2.19. The van der Waals surface area contributed by atoms with Crippen LogP contribution in [0.3, 0.4) is 0 Å². The zero-order valence-electron chi connectivity index (χ0n) is 50.4. The number of nitrogens with one attached hydrogen (secondary N) is 1. The molecule has 440 valence electrons. The van der Waals surface area contributed by atoms with E-state index < -0.39 is 12.1 Å². The average molecular weight is 1040 g/mol. The molecule has 0 bridgehead atoms. The highest BCUT2D eigenvalue weighted by atomic mass is 16.5. The number of carbonyl (C=O) groups excluding carboxylic acids is 2. The lowest BCUT2D eigenvalue weighted by Gasteiger charge is -2.22. The van der Waals surface area contributed by atoms with Gasteiger partial charge in [0.2, 0.25) is 5.91 Å². The van der Waals surface area contributed by atoms with E-state index in [1.807, 2.05) is 0 Å². The van der Waals surface area contributed by atoms with Crippen LogP contribution in [0.15, 0.2) is 12.2 Å². The molecular weight excluding hydrogens is 911 g/mol. The Kier molecular flexibility index (Phi) is 62.9. The van der Waals surface area contributed by atoms with Crippen molar-refractivity contribution in [3.05, 3.63) is 12.2 Å². The van der Waals surface area contributed by atoms with Gasteiger partial charge in [-0.3, -0.25) is 9.59 Å². The Labute approximate surface area is 463 Å². The summed E-state index contributed by atoms with van der Waals surface area (Å²) in [4.78, 5) is 24.5. The fraction of sp³-hybridized carbons (Fsp3) is 0.941. The molecule has 0 aromatic heterocycles. The number of hydrogen-bond donors (Lipinski definition) is 3. The molecule has 0 aliphatic carbocycles. The van der Waals surface area contributed by atoms with Crippen molar-refractivity contribution < 1.29 is 24.5 Å². The minimum atomic E-state index is -0.669. The van der Waals surface area contributed by atoms with Gasteiger partial charge in [0.1, 0.15) is 0 Å². The van der Waals surface area contributed by atoms with Crippen LogP contribution in [0.25, 0.3) is 0 Å². The Morgan fingerprint density at radius 3 is 0.959 bits per heavy atom. The maximum atomic E-state index is 12.5. The molecule has 0 saturated carbocycles. The van der Waals surface area contributed by atoms with Crippen molar-refractivity contribution >= 4 is 11.9 Å². The molecule has 6 heteroatoms. The van der Waals surface area contributed by atoms with Gasteiger partial charge in [-0.15, -0.1) is 0 Å². The molecule has 0 aliphatic heterocycles. The second-order valence-corrected chi connectivity index (χ2v) is 23.5. The summed E-state index contributed by atoms with van der Waals surface area (Å²) >= 11 is 0. The first-order valence-corrected chi connectivity index (χ1v) is 33.9. The van der Waals surface area contributed by atoms with Gasteiger partial charge in [-0.25, -0.2) is 0 Å². The van der Waals surface area contributed by atoms with E-state index in [2.05, 4.69) is 31.3 Å². The number of esters is 1. The fourth-order valence-electron chi connectivity index (χ4n) is 10.9. The van der Waals surface area contributed by atoms with Gasteiger partial charge in [0.15, 0.2) is 0 Å². The number of amides is 1. The van der Waals surface area contributed by atoms with Crippen LogP contribution in [0.1, 0.15) is 386 Å². The molecule has 0 aromatic rings. The van der Waals surface area contributed by atoms with Gasteiger partial charge >= 0.3 is 5.97 Å². The minimum absolute atomic E-state index is 0.0107. The van der Waals surface area contributed by atoms with Crippen molar-refractivity contribution in [3.8, 4) is 0 Å². The first kappa shape index (κ1) is 72.6. The van der Waals surface area contributed by atoms with E-state index in [1.165, 1.54) is 315 Å². The Hall–Kier alpha value is -1.40. The summed E-state index contributed by atoms with van der Waals surface area (Å²) in [6.07, 6.45) is 78.2. The lowest BCUT2D eigenvalue weighted by molar-refractivity contribution is -0.143. The van der Waals surface area contributed by atoms with Gasteiger partial charge < -0.3 is 20.3 Å². The van der Waals surface area contributed by atoms with Crippen LogP contribution in [0.2, 0.25) is 0 Å². The molecule has 2 unspecified atom stereocenters. The Morgan fingerprint density at radius 2 is 0.635 bits per heavy atom. The summed E-state index contributed by atoms with van der Waals surface area (Å²) in [7, 11) is 0. The highest BCUT2D eigenvalue weighted by molar-refractivity contribution is 5.76. The number of carbonyl (C=O) groups is 2. The predicted molar refractivity (Wildman–Crippen MR) is 324 cm³/mol. The van der Waals surface area contributed by atoms with Crippen molar-refractivity contribution in [2.45, 2.75) is 398 Å². The number of aliphatic hydroxyl groups excluding tert-OH is 2. The summed E-state index contributed by atoms with van der Waals surface area (Å²) in [6.45, 7) is 4.98. The summed E-state index contributed by atoms with van der Waals surface area (Å²) in [5.41, 5.74) is 0. The molecule has 0 saturated heterocycles. The van der Waals surface area contributed by atoms with Crippen molar-refractivity contribution in [2.24, 2.45) is 0 Å². The third-order valence-electron chi connectivity index (χ3n) is 16.1. The standard InChI is InChI=1S/C68H133NO5/c1-3-5-7-9-11-13-15-16-17-18-19-20-21-22-25-28-31-34-37-41-44-48-52-56-60-66(71)65(64-70)69-67(72)61-57-53-49-45-42-38-35-32-29-26-23-24-27-30-33-36-39-43-47-51-55-59-63-74-68(73)62-58-54-50-46-40-14-12-10-8-6-4-2/h26,29,65-66,70-71H,3-25,27-28,30-64H2,1-2H3,(H,69,72)/b29-26-. The van der Waals surface area contributed by atoms with E-state index >= 15 is 0 Å². The maximum Gasteiger partial charge on any atom is 0.305 e. The van der Waals surface area contributed by atoms with Crippen LogP contribution in [0.4, 0.5) is 0 Å². The largest absolute Gasteiger partial charge is 0.466 e. The molecule has 0 heterocycles. The normalized spacial score (nSPS) is 12.5. The molecule has 0 rings (SSSR count). The van der Waals surface area contributed by atoms with E-state index in [0.717, 1.165) is 38.5 Å². The summed E-state index contributed by atoms with van der Waals surface area (Å²) in [5, 5.41) is 23.4. The van der Waals surface area contributed by atoms with E-state index in [1.54, 1.807) is 0 Å². The molecule has 6 nitrogen and oxygen atoms in total. The number of allylic oxidation sites excluding steroid dienone is 2. The zero-order chi connectivity index (χ0) is 53.6. The minimum Gasteiger partial charge on any atom is -0.466 e. The van der Waals surface area contributed by atoms with Crippen molar-refractivity contribution in [2.75, 3.05) is 13.2 Å². The summed E-state index contributed by atoms with van der Waals surface area (Å²) in [5.74, 6) is -0.0263. The molecule has 3 N–H and O–H groups in total. The second kappa shape index (κ2) is 64.1. The van der Waals surface area contributed by atoms with Gasteiger partial charge in [0.05, 0.1) is 25.4 Å². The van der Waals surface area contributed by atoms with Crippen LogP contribution in [-0.4, -0.2) is 47.4 Å². The Bertz CT molecular complexity index is 1110. The molecule has 0 radical (unpaired) electrons.